The maximum atomic E-state index is 15.5. The molecule has 1 aliphatic rings. The lowest BCUT2D eigenvalue weighted by Crippen LogP contribution is -2.46. The van der Waals surface area contributed by atoms with E-state index in [2.05, 4.69) is 15.3 Å². The largest absolute Gasteiger partial charge is 0.444 e. The van der Waals surface area contributed by atoms with Crippen LogP contribution in [0.2, 0.25) is 5.02 Å². The molecule has 0 bridgehead atoms. The third-order valence-corrected chi connectivity index (χ3v) is 5.76. The van der Waals surface area contributed by atoms with Crippen molar-refractivity contribution in [3.63, 3.8) is 0 Å². The Morgan fingerprint density at radius 3 is 2.55 bits per heavy atom. The summed E-state index contributed by atoms with van der Waals surface area (Å²) in [5.74, 6) is -0.698. The van der Waals surface area contributed by atoms with Crippen molar-refractivity contribution < 1.29 is 18.3 Å². The molecule has 1 amide bonds. The number of nitrogens with zero attached hydrogens (tertiary/aromatic N) is 3. The normalized spacial score (nSPS) is 15.0. The summed E-state index contributed by atoms with van der Waals surface area (Å²) in [4.78, 5) is 22.5. The molecule has 9 heteroatoms. The van der Waals surface area contributed by atoms with Crippen molar-refractivity contribution in [1.82, 2.24) is 15.3 Å². The van der Waals surface area contributed by atoms with Crippen molar-refractivity contribution in [2.45, 2.75) is 45.3 Å². The highest BCUT2D eigenvalue weighted by Crippen LogP contribution is 2.38. The number of piperidine rings is 1. The summed E-state index contributed by atoms with van der Waals surface area (Å²) in [6.45, 7) is 6.65. The average molecular weight is 475 g/mol. The summed E-state index contributed by atoms with van der Waals surface area (Å²) in [5.41, 5.74) is -0.421. The number of nitrogens with one attached hydrogen (secondary N) is 1. The molecule has 0 spiro atoms. The van der Waals surface area contributed by atoms with E-state index in [0.29, 0.717) is 37.1 Å². The van der Waals surface area contributed by atoms with Gasteiger partial charge in [0.05, 0.1) is 5.02 Å². The molecular formula is C24H25ClF2N4O2. The van der Waals surface area contributed by atoms with Gasteiger partial charge in [-0.1, -0.05) is 29.8 Å². The molecule has 1 aliphatic heterocycles. The molecule has 2 heterocycles. The number of amides is 1. The van der Waals surface area contributed by atoms with Crippen molar-refractivity contribution in [2.24, 2.45) is 0 Å². The van der Waals surface area contributed by atoms with E-state index in [4.69, 9.17) is 16.3 Å². The van der Waals surface area contributed by atoms with Crippen LogP contribution >= 0.6 is 11.6 Å². The Morgan fingerprint density at radius 2 is 1.88 bits per heavy atom. The zero-order valence-corrected chi connectivity index (χ0v) is 19.4. The molecule has 0 radical (unpaired) electrons. The molecule has 1 saturated heterocycles. The number of hydrogen-bond donors (Lipinski definition) is 1. The number of aromatic nitrogens is 2. The minimum absolute atomic E-state index is 0.0211. The van der Waals surface area contributed by atoms with Gasteiger partial charge in [-0.2, -0.15) is 0 Å². The molecule has 1 aromatic heterocycles. The van der Waals surface area contributed by atoms with Crippen molar-refractivity contribution in [3.05, 3.63) is 53.3 Å². The minimum atomic E-state index is -0.687. The van der Waals surface area contributed by atoms with Crippen LogP contribution in [0.3, 0.4) is 0 Å². The second-order valence-electron chi connectivity index (χ2n) is 9.03. The van der Waals surface area contributed by atoms with E-state index >= 15 is 4.39 Å². The zero-order valence-electron chi connectivity index (χ0n) is 18.7. The van der Waals surface area contributed by atoms with Gasteiger partial charge in [-0.25, -0.2) is 23.5 Å². The number of halogens is 3. The number of carbonyl (C=O) groups excluding carboxylic acids is 1. The zero-order chi connectivity index (χ0) is 23.8. The third kappa shape index (κ3) is 5.00. The number of rotatable bonds is 3. The summed E-state index contributed by atoms with van der Waals surface area (Å²) >= 11 is 6.42. The van der Waals surface area contributed by atoms with Gasteiger partial charge in [0.25, 0.3) is 0 Å². The maximum absolute atomic E-state index is 15.5. The Kier molecular flexibility index (Phi) is 6.38. The Bertz CT molecular complexity index is 1190. The maximum Gasteiger partial charge on any atom is 0.407 e. The van der Waals surface area contributed by atoms with Crippen LogP contribution in [0, 0.1) is 11.6 Å². The number of fused-ring (bicyclic) bond motifs is 1. The van der Waals surface area contributed by atoms with Crippen LogP contribution < -0.4 is 10.2 Å². The predicted molar refractivity (Wildman–Crippen MR) is 125 cm³/mol. The first kappa shape index (κ1) is 23.2. The fraction of sp³-hybridized carbons (Fsp3) is 0.375. The average Bonchev–Trinajstić information content (AvgIpc) is 2.74. The Morgan fingerprint density at radius 1 is 1.18 bits per heavy atom. The van der Waals surface area contributed by atoms with Gasteiger partial charge < -0.3 is 15.0 Å². The molecule has 0 saturated carbocycles. The highest BCUT2D eigenvalue weighted by molar-refractivity contribution is 6.34. The number of ether oxygens (including phenoxy) is 1. The van der Waals surface area contributed by atoms with E-state index in [9.17, 15) is 9.18 Å². The van der Waals surface area contributed by atoms with Crippen molar-refractivity contribution in [3.8, 4) is 11.1 Å². The van der Waals surface area contributed by atoms with Crippen LogP contribution in [-0.4, -0.2) is 40.8 Å². The van der Waals surface area contributed by atoms with Crippen LogP contribution in [0.4, 0.5) is 19.4 Å². The Balaban J connectivity index is 1.58. The van der Waals surface area contributed by atoms with E-state index in [0.717, 1.165) is 0 Å². The smallest absolute Gasteiger partial charge is 0.407 e. The molecular weight excluding hydrogens is 450 g/mol. The minimum Gasteiger partial charge on any atom is -0.444 e. The molecule has 6 nitrogen and oxygen atoms in total. The van der Waals surface area contributed by atoms with Crippen molar-refractivity contribution >= 4 is 34.4 Å². The van der Waals surface area contributed by atoms with Crippen LogP contribution in [-0.2, 0) is 4.74 Å². The quantitative estimate of drug-likeness (QED) is 0.525. The van der Waals surface area contributed by atoms with Crippen LogP contribution in [0.15, 0.2) is 36.7 Å². The lowest BCUT2D eigenvalue weighted by atomic mass is 10.0. The summed E-state index contributed by atoms with van der Waals surface area (Å²) in [6.07, 6.45) is 2.20. The van der Waals surface area contributed by atoms with E-state index in [1.165, 1.54) is 24.5 Å². The standard InChI is InChI=1S/C24H25ClF2N4O2/c1-24(2,3)33-23(32)30-14-8-10-31(11-9-14)22-16-12-17(25)19(15-6-4-5-7-18(15)26)20(27)21(16)28-13-29-22/h4-7,12-14H,8-11H2,1-3H3,(H,30,32). The van der Waals surface area contributed by atoms with Gasteiger partial charge in [-0.05, 0) is 45.7 Å². The molecule has 33 heavy (non-hydrogen) atoms. The fourth-order valence-corrected chi connectivity index (χ4v) is 4.28. The monoisotopic (exact) mass is 474 g/mol. The van der Waals surface area contributed by atoms with E-state index in [1.54, 1.807) is 12.1 Å². The van der Waals surface area contributed by atoms with Gasteiger partial charge in [0.1, 0.15) is 29.1 Å². The first-order valence-electron chi connectivity index (χ1n) is 10.8. The topological polar surface area (TPSA) is 67.3 Å². The molecule has 0 atom stereocenters. The van der Waals surface area contributed by atoms with Gasteiger partial charge in [0, 0.05) is 35.6 Å². The van der Waals surface area contributed by atoms with Crippen molar-refractivity contribution in [1.29, 1.82) is 0 Å². The van der Waals surface area contributed by atoms with E-state index < -0.39 is 23.3 Å². The second kappa shape index (κ2) is 9.09. The SMILES string of the molecule is CC(C)(C)OC(=O)NC1CCN(c2ncnc3c(F)c(-c4ccccc4F)c(Cl)cc23)CC1. The summed E-state index contributed by atoms with van der Waals surface area (Å²) < 4.78 is 35.1. The first-order chi connectivity index (χ1) is 15.6. The first-order valence-corrected chi connectivity index (χ1v) is 11.1. The Hall–Kier alpha value is -3.00. The van der Waals surface area contributed by atoms with Gasteiger partial charge in [0.2, 0.25) is 0 Å². The molecule has 0 unspecified atom stereocenters. The highest BCUT2D eigenvalue weighted by atomic mass is 35.5. The molecule has 3 aromatic rings. The highest BCUT2D eigenvalue weighted by Gasteiger charge is 2.26. The van der Waals surface area contributed by atoms with E-state index in [-0.39, 0.29) is 27.7 Å². The lowest BCUT2D eigenvalue weighted by molar-refractivity contribution is 0.0497. The summed E-state index contributed by atoms with van der Waals surface area (Å²) in [6, 6.07) is 7.46. The summed E-state index contributed by atoms with van der Waals surface area (Å²) in [7, 11) is 0. The molecule has 174 valence electrons. The lowest BCUT2D eigenvalue weighted by Gasteiger charge is -2.34. The molecule has 1 fully saturated rings. The molecule has 1 N–H and O–H groups in total. The number of hydrogen-bond acceptors (Lipinski definition) is 5. The van der Waals surface area contributed by atoms with Crippen LogP contribution in [0.25, 0.3) is 22.0 Å². The van der Waals surface area contributed by atoms with Gasteiger partial charge >= 0.3 is 6.09 Å². The third-order valence-electron chi connectivity index (χ3n) is 5.46. The molecule has 0 aliphatic carbocycles. The number of alkyl carbamates (subject to hydrolysis) is 1. The van der Waals surface area contributed by atoms with E-state index in [1.807, 2.05) is 25.7 Å². The van der Waals surface area contributed by atoms with Crippen LogP contribution in [0.1, 0.15) is 33.6 Å². The molecule has 4 rings (SSSR count). The van der Waals surface area contributed by atoms with Gasteiger partial charge in [-0.3, -0.25) is 0 Å². The van der Waals surface area contributed by atoms with Gasteiger partial charge in [0.15, 0.2) is 5.82 Å². The predicted octanol–water partition coefficient (Wildman–Crippen LogP) is 5.72. The van der Waals surface area contributed by atoms with Crippen molar-refractivity contribution in [2.75, 3.05) is 18.0 Å². The molecule has 2 aromatic carbocycles. The number of benzene rings is 2. The second-order valence-corrected chi connectivity index (χ2v) is 9.44. The Labute approximate surface area is 195 Å². The fourth-order valence-electron chi connectivity index (χ4n) is 3.99. The van der Waals surface area contributed by atoms with Crippen LogP contribution in [0.5, 0.6) is 0 Å². The number of carbonyl (C=O) groups is 1. The number of anilines is 1. The van der Waals surface area contributed by atoms with Gasteiger partial charge in [-0.15, -0.1) is 0 Å². The summed E-state index contributed by atoms with van der Waals surface area (Å²) in [5, 5.41) is 3.44.